The highest BCUT2D eigenvalue weighted by molar-refractivity contribution is 5.84. The van der Waals surface area contributed by atoms with Gasteiger partial charge < -0.3 is 15.2 Å². The molecule has 1 rings (SSSR count). The number of carboxylic acids is 1. The number of carboxylic acid groups (broad SMARTS) is 1. The van der Waals surface area contributed by atoms with Gasteiger partial charge in [-0.15, -0.1) is 0 Å². The standard InChI is InChI=1S/C17H25NO4/c1-11(2)9-15(17(20)21)18-16(19)10-22-14-7-5-13(6-8-14)12(3)4/h5-8,11-12,15H,9-10H2,1-4H3,(H,18,19)(H,20,21). The number of hydrogen-bond donors (Lipinski definition) is 2. The van der Waals surface area contributed by atoms with E-state index in [2.05, 4.69) is 19.2 Å². The second-order valence-electron chi connectivity index (χ2n) is 6.10. The Morgan fingerprint density at radius 2 is 1.73 bits per heavy atom. The molecule has 0 saturated carbocycles. The van der Waals surface area contributed by atoms with Crippen LogP contribution in [0.5, 0.6) is 5.75 Å². The first kappa shape index (κ1) is 18.0. The van der Waals surface area contributed by atoms with E-state index in [0.717, 1.165) is 0 Å². The SMILES string of the molecule is CC(C)CC(NC(=O)COc1ccc(C(C)C)cc1)C(=O)O. The fraction of sp³-hybridized carbons (Fsp3) is 0.529. The van der Waals surface area contributed by atoms with Gasteiger partial charge in [0.1, 0.15) is 11.8 Å². The van der Waals surface area contributed by atoms with Gasteiger partial charge in [-0.2, -0.15) is 0 Å². The molecule has 0 bridgehead atoms. The van der Waals surface area contributed by atoms with Crippen molar-refractivity contribution < 1.29 is 19.4 Å². The largest absolute Gasteiger partial charge is 0.484 e. The summed E-state index contributed by atoms with van der Waals surface area (Å²) in [6.45, 7) is 7.83. The van der Waals surface area contributed by atoms with Crippen LogP contribution in [0.15, 0.2) is 24.3 Å². The maximum Gasteiger partial charge on any atom is 0.326 e. The number of aliphatic carboxylic acids is 1. The third-order valence-electron chi connectivity index (χ3n) is 3.26. The number of rotatable bonds is 8. The van der Waals surface area contributed by atoms with Crippen molar-refractivity contribution in [3.05, 3.63) is 29.8 Å². The van der Waals surface area contributed by atoms with Gasteiger partial charge in [0.15, 0.2) is 6.61 Å². The maximum absolute atomic E-state index is 11.8. The van der Waals surface area contributed by atoms with E-state index in [1.165, 1.54) is 5.56 Å². The molecule has 1 unspecified atom stereocenters. The molecule has 0 heterocycles. The first-order valence-corrected chi connectivity index (χ1v) is 7.54. The Balaban J connectivity index is 2.49. The molecule has 122 valence electrons. The third-order valence-corrected chi connectivity index (χ3v) is 3.26. The number of carbonyl (C=O) groups excluding carboxylic acids is 1. The van der Waals surface area contributed by atoms with Crippen molar-refractivity contribution in [2.75, 3.05) is 6.61 Å². The van der Waals surface area contributed by atoms with Gasteiger partial charge >= 0.3 is 5.97 Å². The Bertz CT molecular complexity index is 494. The van der Waals surface area contributed by atoms with Crippen molar-refractivity contribution >= 4 is 11.9 Å². The van der Waals surface area contributed by atoms with E-state index < -0.39 is 17.9 Å². The Hall–Kier alpha value is -2.04. The molecule has 5 heteroatoms. The van der Waals surface area contributed by atoms with Crippen LogP contribution in [0.4, 0.5) is 0 Å². The van der Waals surface area contributed by atoms with Crippen LogP contribution in [0, 0.1) is 5.92 Å². The molecular formula is C17H25NO4. The summed E-state index contributed by atoms with van der Waals surface area (Å²) in [5, 5.41) is 11.6. The molecule has 1 atom stereocenters. The second-order valence-corrected chi connectivity index (χ2v) is 6.10. The Morgan fingerprint density at radius 3 is 2.18 bits per heavy atom. The van der Waals surface area contributed by atoms with E-state index in [9.17, 15) is 9.59 Å². The van der Waals surface area contributed by atoms with Crippen molar-refractivity contribution in [3.63, 3.8) is 0 Å². The molecule has 22 heavy (non-hydrogen) atoms. The zero-order valence-corrected chi connectivity index (χ0v) is 13.6. The van der Waals surface area contributed by atoms with Crippen LogP contribution >= 0.6 is 0 Å². The van der Waals surface area contributed by atoms with Gasteiger partial charge in [0, 0.05) is 0 Å². The van der Waals surface area contributed by atoms with E-state index in [0.29, 0.717) is 18.1 Å². The molecular weight excluding hydrogens is 282 g/mol. The Morgan fingerprint density at radius 1 is 1.14 bits per heavy atom. The number of benzene rings is 1. The number of amides is 1. The summed E-state index contributed by atoms with van der Waals surface area (Å²) >= 11 is 0. The lowest BCUT2D eigenvalue weighted by molar-refractivity contribution is -0.142. The minimum atomic E-state index is -1.02. The first-order valence-electron chi connectivity index (χ1n) is 7.54. The van der Waals surface area contributed by atoms with Crippen LogP contribution < -0.4 is 10.1 Å². The molecule has 1 amide bonds. The predicted octanol–water partition coefficient (Wildman–Crippen LogP) is 2.80. The number of hydrogen-bond acceptors (Lipinski definition) is 3. The number of nitrogens with one attached hydrogen (secondary N) is 1. The van der Waals surface area contributed by atoms with E-state index in [4.69, 9.17) is 9.84 Å². The van der Waals surface area contributed by atoms with E-state index in [1.54, 1.807) is 0 Å². The van der Waals surface area contributed by atoms with Gasteiger partial charge in [0.25, 0.3) is 5.91 Å². The fourth-order valence-corrected chi connectivity index (χ4v) is 2.03. The average Bonchev–Trinajstić information content (AvgIpc) is 2.44. The van der Waals surface area contributed by atoms with Gasteiger partial charge in [0.05, 0.1) is 0 Å². The van der Waals surface area contributed by atoms with E-state index in [1.807, 2.05) is 38.1 Å². The predicted molar refractivity (Wildman–Crippen MR) is 85.0 cm³/mol. The summed E-state index contributed by atoms with van der Waals surface area (Å²) in [5.41, 5.74) is 1.19. The van der Waals surface area contributed by atoms with Crippen molar-refractivity contribution in [2.24, 2.45) is 5.92 Å². The smallest absolute Gasteiger partial charge is 0.326 e. The van der Waals surface area contributed by atoms with Crippen molar-refractivity contribution in [1.29, 1.82) is 0 Å². The van der Waals surface area contributed by atoms with Crippen LogP contribution in [0.2, 0.25) is 0 Å². The summed E-state index contributed by atoms with van der Waals surface area (Å²) < 4.78 is 5.38. The maximum atomic E-state index is 11.8. The lowest BCUT2D eigenvalue weighted by Gasteiger charge is -2.16. The Kier molecular flexibility index (Phi) is 6.89. The van der Waals surface area contributed by atoms with Crippen molar-refractivity contribution in [3.8, 4) is 5.75 Å². The molecule has 0 aliphatic heterocycles. The molecule has 0 aliphatic rings. The Labute approximate surface area is 131 Å². The average molecular weight is 307 g/mol. The third kappa shape index (κ3) is 6.16. The monoisotopic (exact) mass is 307 g/mol. The van der Waals surface area contributed by atoms with Crippen LogP contribution in [-0.4, -0.2) is 29.6 Å². The normalized spacial score (nSPS) is 12.3. The van der Waals surface area contributed by atoms with Gasteiger partial charge in [-0.25, -0.2) is 4.79 Å². The van der Waals surface area contributed by atoms with Gasteiger partial charge in [0.2, 0.25) is 0 Å². The minimum absolute atomic E-state index is 0.186. The van der Waals surface area contributed by atoms with E-state index in [-0.39, 0.29) is 12.5 Å². The zero-order valence-electron chi connectivity index (χ0n) is 13.6. The van der Waals surface area contributed by atoms with Crippen molar-refractivity contribution in [2.45, 2.75) is 46.1 Å². The molecule has 2 N–H and O–H groups in total. The summed E-state index contributed by atoms with van der Waals surface area (Å²) in [6, 6.07) is 6.66. The lowest BCUT2D eigenvalue weighted by atomic mass is 10.0. The quantitative estimate of drug-likeness (QED) is 0.774. The molecule has 5 nitrogen and oxygen atoms in total. The summed E-state index contributed by atoms with van der Waals surface area (Å²) in [4.78, 5) is 22.9. The van der Waals surface area contributed by atoms with Crippen LogP contribution in [0.25, 0.3) is 0 Å². The second kappa shape index (κ2) is 8.41. The molecule has 0 saturated heterocycles. The molecule has 0 fully saturated rings. The fourth-order valence-electron chi connectivity index (χ4n) is 2.03. The number of carbonyl (C=O) groups is 2. The van der Waals surface area contributed by atoms with Gasteiger partial charge in [-0.1, -0.05) is 39.8 Å². The first-order chi connectivity index (χ1) is 10.3. The van der Waals surface area contributed by atoms with Crippen molar-refractivity contribution in [1.82, 2.24) is 5.32 Å². The van der Waals surface area contributed by atoms with Crippen LogP contribution in [0.1, 0.15) is 45.6 Å². The molecule has 1 aromatic rings. The van der Waals surface area contributed by atoms with Gasteiger partial charge in [-0.3, -0.25) is 4.79 Å². The lowest BCUT2D eigenvalue weighted by Crippen LogP contribution is -2.43. The molecule has 0 aliphatic carbocycles. The summed E-state index contributed by atoms with van der Waals surface area (Å²) in [6.07, 6.45) is 0.393. The number of ether oxygens (including phenoxy) is 1. The van der Waals surface area contributed by atoms with E-state index >= 15 is 0 Å². The highest BCUT2D eigenvalue weighted by atomic mass is 16.5. The zero-order chi connectivity index (χ0) is 16.7. The highest BCUT2D eigenvalue weighted by Crippen LogP contribution is 2.18. The molecule has 0 spiro atoms. The topological polar surface area (TPSA) is 75.6 Å². The molecule has 0 aromatic heterocycles. The minimum Gasteiger partial charge on any atom is -0.484 e. The summed E-state index contributed by atoms with van der Waals surface area (Å²) in [7, 11) is 0. The molecule has 1 aromatic carbocycles. The van der Waals surface area contributed by atoms with Crippen LogP contribution in [-0.2, 0) is 9.59 Å². The molecule has 0 radical (unpaired) electrons. The van der Waals surface area contributed by atoms with Crippen LogP contribution in [0.3, 0.4) is 0 Å². The summed E-state index contributed by atoms with van der Waals surface area (Å²) in [5.74, 6) is -0.241. The highest BCUT2D eigenvalue weighted by Gasteiger charge is 2.21. The van der Waals surface area contributed by atoms with Gasteiger partial charge in [-0.05, 0) is 36.0 Å².